The third-order valence-corrected chi connectivity index (χ3v) is 6.53. The molecule has 1 aromatic rings. The van der Waals surface area contributed by atoms with Crippen LogP contribution < -0.4 is 5.32 Å². The lowest BCUT2D eigenvalue weighted by Gasteiger charge is -2.21. The molecule has 172 valence electrons. The van der Waals surface area contributed by atoms with Gasteiger partial charge >= 0.3 is 0 Å². The summed E-state index contributed by atoms with van der Waals surface area (Å²) in [6, 6.07) is 10.1. The Morgan fingerprint density at radius 2 is 2.00 bits per heavy atom. The van der Waals surface area contributed by atoms with Crippen molar-refractivity contribution in [3.8, 4) is 0 Å². The number of allylic oxidation sites excluding steroid dienone is 2. The highest BCUT2D eigenvalue weighted by atomic mass is 16.6. The molecular weight excluding hydrogens is 394 g/mol. The molecule has 0 aromatic heterocycles. The van der Waals surface area contributed by atoms with Gasteiger partial charge in [0, 0.05) is 18.9 Å². The molecule has 1 amide bonds. The molecule has 2 unspecified atom stereocenters. The van der Waals surface area contributed by atoms with E-state index in [0.717, 1.165) is 19.3 Å². The number of rotatable bonds is 12. The lowest BCUT2D eigenvalue weighted by molar-refractivity contribution is -0.121. The normalized spacial score (nSPS) is 31.1. The predicted octanol–water partition coefficient (Wildman–Crippen LogP) is 2.36. The highest BCUT2D eigenvalue weighted by Gasteiger charge is 2.57. The van der Waals surface area contributed by atoms with Gasteiger partial charge in [0.25, 0.3) is 0 Å². The fraction of sp³-hybridized carbons (Fsp3) is 0.640. The number of hydrogen-bond acceptors (Lipinski definition) is 5. The second kappa shape index (κ2) is 11.8. The fourth-order valence-corrected chi connectivity index (χ4v) is 4.81. The van der Waals surface area contributed by atoms with Crippen molar-refractivity contribution in [3.05, 3.63) is 48.0 Å². The van der Waals surface area contributed by atoms with Gasteiger partial charge in [-0.3, -0.25) is 4.79 Å². The average molecular weight is 432 g/mol. The van der Waals surface area contributed by atoms with Crippen LogP contribution in [0.4, 0.5) is 0 Å². The largest absolute Gasteiger partial charge is 0.393 e. The Bertz CT molecular complexity index is 709. The summed E-state index contributed by atoms with van der Waals surface area (Å²) in [6.45, 7) is 2.56. The SMILES string of the molecule is CCNC(=O)CCC/C=C\C[C@@H]1[C@@H](C2OC2[C@@H](O)CCc2ccccc2)[C@H](O)C[C@@H]1O. The summed E-state index contributed by atoms with van der Waals surface area (Å²) in [7, 11) is 0. The fourth-order valence-electron chi connectivity index (χ4n) is 4.81. The number of hydrogen-bond donors (Lipinski definition) is 4. The molecule has 0 spiro atoms. The average Bonchev–Trinajstić information content (AvgIpc) is 3.49. The van der Waals surface area contributed by atoms with Crippen molar-refractivity contribution in [2.75, 3.05) is 6.54 Å². The third-order valence-electron chi connectivity index (χ3n) is 6.53. The minimum absolute atomic E-state index is 0.0769. The van der Waals surface area contributed by atoms with Gasteiger partial charge in [0.1, 0.15) is 6.10 Å². The van der Waals surface area contributed by atoms with Crippen molar-refractivity contribution in [1.29, 1.82) is 0 Å². The Morgan fingerprint density at radius 3 is 2.74 bits per heavy atom. The van der Waals surface area contributed by atoms with Crippen LogP contribution in [0.25, 0.3) is 0 Å². The summed E-state index contributed by atoms with van der Waals surface area (Å²) >= 11 is 0. The first kappa shape index (κ1) is 23.9. The monoisotopic (exact) mass is 431 g/mol. The van der Waals surface area contributed by atoms with E-state index in [1.165, 1.54) is 5.56 Å². The molecular formula is C25H37NO5. The van der Waals surface area contributed by atoms with Crippen LogP contribution in [-0.2, 0) is 16.0 Å². The molecule has 1 aromatic carbocycles. The van der Waals surface area contributed by atoms with Crippen molar-refractivity contribution in [2.45, 2.75) is 82.4 Å². The number of aryl methyl sites for hydroxylation is 1. The Labute approximate surface area is 185 Å². The van der Waals surface area contributed by atoms with Crippen LogP contribution in [0.2, 0.25) is 0 Å². The Balaban J connectivity index is 1.44. The van der Waals surface area contributed by atoms with Crippen LogP contribution in [0.3, 0.4) is 0 Å². The summed E-state index contributed by atoms with van der Waals surface area (Å²) in [6.07, 6.45) is 6.43. The number of benzene rings is 1. The highest BCUT2D eigenvalue weighted by Crippen LogP contribution is 2.46. The van der Waals surface area contributed by atoms with Gasteiger partial charge in [0.05, 0.1) is 24.4 Å². The molecule has 1 aliphatic carbocycles. The summed E-state index contributed by atoms with van der Waals surface area (Å²) in [5.74, 6) is -0.162. The van der Waals surface area contributed by atoms with E-state index in [4.69, 9.17) is 4.74 Å². The van der Waals surface area contributed by atoms with Crippen LogP contribution >= 0.6 is 0 Å². The van der Waals surface area contributed by atoms with E-state index >= 15 is 0 Å². The lowest BCUT2D eigenvalue weighted by Crippen LogP contribution is -2.30. The zero-order valence-electron chi connectivity index (χ0n) is 18.4. The van der Waals surface area contributed by atoms with Gasteiger partial charge in [-0.15, -0.1) is 0 Å². The second-order valence-corrected chi connectivity index (χ2v) is 8.82. The maximum atomic E-state index is 11.5. The molecule has 31 heavy (non-hydrogen) atoms. The molecule has 4 N–H and O–H groups in total. The molecule has 1 saturated heterocycles. The molecule has 0 bridgehead atoms. The minimum Gasteiger partial charge on any atom is -0.393 e. The van der Waals surface area contributed by atoms with E-state index in [1.54, 1.807) is 0 Å². The third kappa shape index (κ3) is 6.88. The van der Waals surface area contributed by atoms with Crippen LogP contribution in [-0.4, -0.2) is 58.3 Å². The standard InChI is InChI=1S/C25H37NO5/c1-2-26-22(30)13-9-4-3-8-12-18-20(28)16-21(29)23(18)25-24(31-25)19(27)15-14-17-10-6-5-7-11-17/h3,5-8,10-11,18-21,23-25,27-29H,2,4,9,12-16H2,1H3,(H,26,30)/b8-3-/t18-,19-,20-,21+,23+,24?,25?/m0/s1. The second-order valence-electron chi connectivity index (χ2n) is 8.82. The van der Waals surface area contributed by atoms with Crippen LogP contribution in [0.15, 0.2) is 42.5 Å². The molecule has 1 aliphatic heterocycles. The molecule has 6 nitrogen and oxygen atoms in total. The van der Waals surface area contributed by atoms with Gasteiger partial charge in [-0.1, -0.05) is 42.5 Å². The number of carbonyl (C=O) groups excluding carboxylic acids is 1. The molecule has 1 heterocycles. The van der Waals surface area contributed by atoms with E-state index in [0.29, 0.717) is 32.2 Å². The Kier molecular flexibility index (Phi) is 9.08. The van der Waals surface area contributed by atoms with Crippen LogP contribution in [0.5, 0.6) is 0 Å². The molecule has 2 aliphatic rings. The quantitative estimate of drug-likeness (QED) is 0.231. The topological polar surface area (TPSA) is 102 Å². The zero-order chi connectivity index (χ0) is 22.2. The number of nitrogens with one attached hydrogen (secondary N) is 1. The number of amides is 1. The van der Waals surface area contributed by atoms with Crippen molar-refractivity contribution in [1.82, 2.24) is 5.32 Å². The van der Waals surface area contributed by atoms with Crippen molar-refractivity contribution in [3.63, 3.8) is 0 Å². The first-order valence-corrected chi connectivity index (χ1v) is 11.7. The number of epoxide rings is 1. The molecule has 6 heteroatoms. The number of aliphatic hydroxyl groups excluding tert-OH is 3. The Hall–Kier alpha value is -1.73. The van der Waals surface area contributed by atoms with Gasteiger partial charge in [0.2, 0.25) is 5.91 Å². The van der Waals surface area contributed by atoms with Crippen molar-refractivity contribution < 1.29 is 24.9 Å². The van der Waals surface area contributed by atoms with Crippen LogP contribution in [0.1, 0.15) is 51.0 Å². The van der Waals surface area contributed by atoms with Crippen LogP contribution in [0, 0.1) is 11.8 Å². The lowest BCUT2D eigenvalue weighted by atomic mass is 9.85. The minimum atomic E-state index is -0.609. The number of carbonyl (C=O) groups is 1. The summed E-state index contributed by atoms with van der Waals surface area (Å²) < 4.78 is 5.80. The van der Waals surface area contributed by atoms with Crippen molar-refractivity contribution in [2.24, 2.45) is 11.8 Å². The number of unbranched alkanes of at least 4 members (excludes halogenated alkanes) is 1. The maximum Gasteiger partial charge on any atom is 0.219 e. The number of ether oxygens (including phenoxy) is 1. The van der Waals surface area contributed by atoms with E-state index in [2.05, 4.69) is 5.32 Å². The van der Waals surface area contributed by atoms with Gasteiger partial charge in [0.15, 0.2) is 0 Å². The first-order valence-electron chi connectivity index (χ1n) is 11.7. The summed E-state index contributed by atoms with van der Waals surface area (Å²) in [5.41, 5.74) is 1.19. The van der Waals surface area contributed by atoms with E-state index in [-0.39, 0.29) is 30.0 Å². The van der Waals surface area contributed by atoms with Gasteiger partial charge in [-0.05, 0) is 56.9 Å². The van der Waals surface area contributed by atoms with Crippen molar-refractivity contribution >= 4 is 5.91 Å². The van der Waals surface area contributed by atoms with E-state index < -0.39 is 18.3 Å². The maximum absolute atomic E-state index is 11.5. The van der Waals surface area contributed by atoms with E-state index in [9.17, 15) is 20.1 Å². The molecule has 1 saturated carbocycles. The molecule has 0 radical (unpaired) electrons. The molecule has 7 atom stereocenters. The van der Waals surface area contributed by atoms with Gasteiger partial charge in [-0.2, -0.15) is 0 Å². The summed E-state index contributed by atoms with van der Waals surface area (Å²) in [5, 5.41) is 34.3. The molecule has 3 rings (SSSR count). The predicted molar refractivity (Wildman–Crippen MR) is 119 cm³/mol. The highest BCUT2D eigenvalue weighted by molar-refractivity contribution is 5.75. The molecule has 2 fully saturated rings. The Morgan fingerprint density at radius 1 is 1.23 bits per heavy atom. The van der Waals surface area contributed by atoms with E-state index in [1.807, 2.05) is 49.4 Å². The smallest absolute Gasteiger partial charge is 0.219 e. The zero-order valence-corrected chi connectivity index (χ0v) is 18.4. The van der Waals surface area contributed by atoms with Gasteiger partial charge < -0.3 is 25.4 Å². The summed E-state index contributed by atoms with van der Waals surface area (Å²) in [4.78, 5) is 11.5. The first-order chi connectivity index (χ1) is 15.0. The van der Waals surface area contributed by atoms with Gasteiger partial charge in [-0.25, -0.2) is 0 Å². The number of aliphatic hydroxyl groups is 3.